The zero-order chi connectivity index (χ0) is 16.2. The van der Waals surface area contributed by atoms with Gasteiger partial charge in [-0.3, -0.25) is 4.79 Å². The molecule has 0 radical (unpaired) electrons. The number of carbonyl (C=O) groups is 1. The summed E-state index contributed by atoms with van der Waals surface area (Å²) in [6, 6.07) is 6.16. The van der Waals surface area contributed by atoms with Crippen LogP contribution in [0.4, 0.5) is 4.39 Å². The van der Waals surface area contributed by atoms with Crippen LogP contribution in [0.2, 0.25) is 0 Å². The first-order valence-electron chi connectivity index (χ1n) is 8.16. The van der Waals surface area contributed by atoms with Gasteiger partial charge in [-0.05, 0) is 37.5 Å². The average Bonchev–Trinajstić information content (AvgIpc) is 2.79. The molecule has 3 rings (SSSR count). The first-order valence-corrected chi connectivity index (χ1v) is 8.16. The molecule has 1 heterocycles. The maximum atomic E-state index is 13.1. The molecule has 1 fully saturated rings. The van der Waals surface area contributed by atoms with Crippen molar-refractivity contribution in [3.8, 4) is 0 Å². The average molecular weight is 315 g/mol. The predicted molar refractivity (Wildman–Crippen MR) is 86.7 cm³/mol. The van der Waals surface area contributed by atoms with Gasteiger partial charge < -0.3 is 9.88 Å². The van der Waals surface area contributed by atoms with E-state index >= 15 is 0 Å². The molecule has 1 amide bonds. The number of halogens is 1. The SMILES string of the molecule is Cc1cnc(C2CCC2)n1CCNC(=O)Cc1cccc(F)c1. The van der Waals surface area contributed by atoms with Gasteiger partial charge in [0.1, 0.15) is 11.6 Å². The van der Waals surface area contributed by atoms with E-state index in [1.54, 1.807) is 12.1 Å². The molecule has 0 bridgehead atoms. The number of hydrogen-bond donors (Lipinski definition) is 1. The molecular formula is C18H22FN3O. The number of carbonyl (C=O) groups excluding carboxylic acids is 1. The second kappa shape index (κ2) is 6.94. The lowest BCUT2D eigenvalue weighted by molar-refractivity contribution is -0.120. The quantitative estimate of drug-likeness (QED) is 0.891. The lowest BCUT2D eigenvalue weighted by Crippen LogP contribution is -2.29. The van der Waals surface area contributed by atoms with Crippen molar-refractivity contribution in [2.45, 2.75) is 45.1 Å². The molecule has 0 aliphatic heterocycles. The van der Waals surface area contributed by atoms with Crippen molar-refractivity contribution in [2.75, 3.05) is 6.54 Å². The van der Waals surface area contributed by atoms with Crippen molar-refractivity contribution < 1.29 is 9.18 Å². The summed E-state index contributed by atoms with van der Waals surface area (Å²) in [5, 5.41) is 2.91. The highest BCUT2D eigenvalue weighted by Gasteiger charge is 2.24. The molecule has 1 aliphatic rings. The number of aryl methyl sites for hydroxylation is 1. The molecule has 0 atom stereocenters. The molecule has 0 spiro atoms. The fraction of sp³-hybridized carbons (Fsp3) is 0.444. The molecule has 1 N–H and O–H groups in total. The first kappa shape index (κ1) is 15.7. The van der Waals surface area contributed by atoms with Crippen LogP contribution in [0, 0.1) is 12.7 Å². The van der Waals surface area contributed by atoms with E-state index in [2.05, 4.69) is 14.9 Å². The lowest BCUT2D eigenvalue weighted by atomic mass is 9.85. The van der Waals surface area contributed by atoms with Crippen molar-refractivity contribution in [1.82, 2.24) is 14.9 Å². The van der Waals surface area contributed by atoms with Gasteiger partial charge in [0.2, 0.25) is 5.91 Å². The van der Waals surface area contributed by atoms with E-state index in [-0.39, 0.29) is 18.1 Å². The summed E-state index contributed by atoms with van der Waals surface area (Å²) in [6.07, 6.45) is 5.81. The highest BCUT2D eigenvalue weighted by Crippen LogP contribution is 2.35. The number of nitrogens with zero attached hydrogens (tertiary/aromatic N) is 2. The molecule has 1 aromatic carbocycles. The van der Waals surface area contributed by atoms with E-state index in [1.165, 1.54) is 31.4 Å². The van der Waals surface area contributed by atoms with E-state index in [0.717, 1.165) is 18.1 Å². The van der Waals surface area contributed by atoms with Gasteiger partial charge in [-0.15, -0.1) is 0 Å². The normalized spacial score (nSPS) is 14.5. The van der Waals surface area contributed by atoms with Crippen molar-refractivity contribution in [1.29, 1.82) is 0 Å². The highest BCUT2D eigenvalue weighted by atomic mass is 19.1. The molecule has 1 aliphatic carbocycles. The van der Waals surface area contributed by atoms with E-state index in [9.17, 15) is 9.18 Å². The Morgan fingerprint density at radius 3 is 2.96 bits per heavy atom. The molecule has 5 heteroatoms. The number of imidazole rings is 1. The monoisotopic (exact) mass is 315 g/mol. The van der Waals surface area contributed by atoms with Crippen LogP contribution in [0.1, 0.15) is 42.3 Å². The standard InChI is InChI=1S/C18H22FN3O/c1-13-12-21-18(15-5-3-6-15)22(13)9-8-20-17(23)11-14-4-2-7-16(19)10-14/h2,4,7,10,12,15H,3,5-6,8-9,11H2,1H3,(H,20,23). The van der Waals surface area contributed by atoms with Crippen LogP contribution in [-0.2, 0) is 17.8 Å². The Morgan fingerprint density at radius 1 is 1.43 bits per heavy atom. The molecule has 122 valence electrons. The van der Waals surface area contributed by atoms with Gasteiger partial charge >= 0.3 is 0 Å². The van der Waals surface area contributed by atoms with Crippen molar-refractivity contribution >= 4 is 5.91 Å². The van der Waals surface area contributed by atoms with Crippen LogP contribution in [0.15, 0.2) is 30.5 Å². The molecule has 23 heavy (non-hydrogen) atoms. The number of hydrogen-bond acceptors (Lipinski definition) is 2. The Hall–Kier alpha value is -2.17. The Kier molecular flexibility index (Phi) is 4.74. The van der Waals surface area contributed by atoms with Gasteiger partial charge in [0.15, 0.2) is 0 Å². The van der Waals surface area contributed by atoms with E-state index in [0.29, 0.717) is 18.0 Å². The van der Waals surface area contributed by atoms with Gasteiger partial charge in [-0.1, -0.05) is 18.6 Å². The van der Waals surface area contributed by atoms with Gasteiger partial charge in [-0.25, -0.2) is 9.37 Å². The molecule has 1 saturated carbocycles. The van der Waals surface area contributed by atoms with E-state index in [4.69, 9.17) is 0 Å². The minimum Gasteiger partial charge on any atom is -0.354 e. The third-order valence-corrected chi connectivity index (χ3v) is 4.47. The highest BCUT2D eigenvalue weighted by molar-refractivity contribution is 5.78. The summed E-state index contributed by atoms with van der Waals surface area (Å²) in [7, 11) is 0. The number of nitrogens with one attached hydrogen (secondary N) is 1. The molecule has 1 aromatic heterocycles. The van der Waals surface area contributed by atoms with Gasteiger partial charge in [0.25, 0.3) is 0 Å². The molecule has 4 nitrogen and oxygen atoms in total. The van der Waals surface area contributed by atoms with Crippen molar-refractivity contribution in [2.24, 2.45) is 0 Å². The van der Waals surface area contributed by atoms with Gasteiger partial charge in [0, 0.05) is 30.9 Å². The Bertz CT molecular complexity index is 691. The third kappa shape index (κ3) is 3.78. The van der Waals surface area contributed by atoms with Crippen LogP contribution in [0.3, 0.4) is 0 Å². The van der Waals surface area contributed by atoms with Crippen LogP contribution < -0.4 is 5.32 Å². The summed E-state index contributed by atoms with van der Waals surface area (Å²) in [5.74, 6) is 1.33. The summed E-state index contributed by atoms with van der Waals surface area (Å²) in [5.41, 5.74) is 1.82. The Morgan fingerprint density at radius 2 is 2.26 bits per heavy atom. The smallest absolute Gasteiger partial charge is 0.224 e. The first-order chi connectivity index (χ1) is 11.1. The lowest BCUT2D eigenvalue weighted by Gasteiger charge is -2.26. The fourth-order valence-electron chi connectivity index (χ4n) is 2.96. The second-order valence-corrected chi connectivity index (χ2v) is 6.19. The maximum absolute atomic E-state index is 13.1. The second-order valence-electron chi connectivity index (χ2n) is 6.19. The molecule has 0 saturated heterocycles. The molecule has 2 aromatic rings. The van der Waals surface area contributed by atoms with Crippen LogP contribution in [0.5, 0.6) is 0 Å². The van der Waals surface area contributed by atoms with Crippen LogP contribution in [0.25, 0.3) is 0 Å². The minimum atomic E-state index is -0.311. The number of rotatable bonds is 6. The largest absolute Gasteiger partial charge is 0.354 e. The van der Waals surface area contributed by atoms with Gasteiger partial charge in [-0.2, -0.15) is 0 Å². The third-order valence-electron chi connectivity index (χ3n) is 4.47. The van der Waals surface area contributed by atoms with E-state index < -0.39 is 0 Å². The zero-order valence-corrected chi connectivity index (χ0v) is 13.4. The number of aromatic nitrogens is 2. The molecule has 0 unspecified atom stereocenters. The summed E-state index contributed by atoms with van der Waals surface area (Å²) in [4.78, 5) is 16.5. The van der Waals surface area contributed by atoms with Gasteiger partial charge in [0.05, 0.1) is 6.42 Å². The predicted octanol–water partition coefficient (Wildman–Crippen LogP) is 2.96. The van der Waals surface area contributed by atoms with Crippen molar-refractivity contribution in [3.63, 3.8) is 0 Å². The van der Waals surface area contributed by atoms with Crippen molar-refractivity contribution in [3.05, 3.63) is 53.4 Å². The number of benzene rings is 1. The van der Waals surface area contributed by atoms with Crippen LogP contribution in [-0.4, -0.2) is 22.0 Å². The summed E-state index contributed by atoms with van der Waals surface area (Å²) in [6.45, 7) is 3.33. The maximum Gasteiger partial charge on any atom is 0.224 e. The topological polar surface area (TPSA) is 46.9 Å². The number of amides is 1. The Balaban J connectivity index is 1.51. The minimum absolute atomic E-state index is 0.0847. The summed E-state index contributed by atoms with van der Waals surface area (Å²) >= 11 is 0. The summed E-state index contributed by atoms with van der Waals surface area (Å²) < 4.78 is 15.3. The van der Waals surface area contributed by atoms with Crippen LogP contribution >= 0.6 is 0 Å². The fourth-order valence-corrected chi connectivity index (χ4v) is 2.96. The Labute approximate surface area is 135 Å². The van der Waals surface area contributed by atoms with E-state index in [1.807, 2.05) is 13.1 Å². The zero-order valence-electron chi connectivity index (χ0n) is 13.4. The molecular weight excluding hydrogens is 293 g/mol.